The number of hydrogen-bond acceptors (Lipinski definition) is 5. The van der Waals surface area contributed by atoms with E-state index < -0.39 is 0 Å². The number of carbonyl (C=O) groups is 1. The Morgan fingerprint density at radius 3 is 2.41 bits per heavy atom. The molecule has 0 aliphatic heterocycles. The van der Waals surface area contributed by atoms with Gasteiger partial charge in [-0.3, -0.25) is 4.79 Å². The van der Waals surface area contributed by atoms with Crippen LogP contribution in [-0.4, -0.2) is 21.4 Å². The molecule has 6 heteroatoms. The molecule has 0 fully saturated rings. The van der Waals surface area contributed by atoms with Gasteiger partial charge in [-0.2, -0.15) is 0 Å². The Hall–Kier alpha value is -1.40. The molecule has 118 valence electrons. The molecule has 1 heterocycles. The summed E-state index contributed by atoms with van der Waals surface area (Å²) in [4.78, 5) is 12.6. The van der Waals surface area contributed by atoms with Gasteiger partial charge in [0, 0.05) is 0 Å². The Morgan fingerprint density at radius 1 is 1.18 bits per heavy atom. The van der Waals surface area contributed by atoms with Crippen LogP contribution in [0.2, 0.25) is 0 Å². The largest absolute Gasteiger partial charge is 0.349 e. The maximum Gasteiger partial charge on any atom is 0.234 e. The zero-order valence-corrected chi connectivity index (χ0v) is 14.9. The van der Waals surface area contributed by atoms with Crippen LogP contribution in [0.5, 0.6) is 0 Å². The highest BCUT2D eigenvalue weighted by molar-refractivity contribution is 8.02. The van der Waals surface area contributed by atoms with Crippen LogP contribution in [0.15, 0.2) is 34.7 Å². The van der Waals surface area contributed by atoms with E-state index in [1.165, 1.54) is 23.1 Å². The summed E-state index contributed by atoms with van der Waals surface area (Å²) in [6.45, 7) is 8.03. The normalized spacial score (nSPS) is 13.9. The molecular weight excluding hydrogens is 314 g/mol. The van der Waals surface area contributed by atoms with E-state index in [1.807, 2.05) is 44.2 Å². The summed E-state index contributed by atoms with van der Waals surface area (Å²) in [5, 5.41) is 12.0. The lowest BCUT2D eigenvalue weighted by molar-refractivity contribution is -0.121. The number of aryl methyl sites for hydroxylation is 1. The maximum atomic E-state index is 12.6. The first-order valence-electron chi connectivity index (χ1n) is 7.29. The quantitative estimate of drug-likeness (QED) is 0.815. The molecule has 2 atom stereocenters. The van der Waals surface area contributed by atoms with E-state index in [1.54, 1.807) is 0 Å². The number of thioether (sulfide) groups is 1. The minimum absolute atomic E-state index is 0.00768. The third-order valence-corrected chi connectivity index (χ3v) is 5.73. The summed E-state index contributed by atoms with van der Waals surface area (Å²) >= 11 is 3.02. The van der Waals surface area contributed by atoms with E-state index in [0.717, 1.165) is 14.9 Å². The minimum atomic E-state index is -0.168. The third-order valence-electron chi connectivity index (χ3n) is 3.26. The molecular formula is C16H21N3OS2. The van der Waals surface area contributed by atoms with Crippen molar-refractivity contribution in [1.29, 1.82) is 0 Å². The predicted octanol–water partition coefficient (Wildman–Crippen LogP) is 3.84. The summed E-state index contributed by atoms with van der Waals surface area (Å²) < 4.78 is 0.846. The van der Waals surface area contributed by atoms with Crippen molar-refractivity contribution in [2.45, 2.75) is 43.3 Å². The Morgan fingerprint density at radius 2 is 1.86 bits per heavy atom. The topological polar surface area (TPSA) is 54.9 Å². The zero-order chi connectivity index (χ0) is 16.1. The van der Waals surface area contributed by atoms with Crippen molar-refractivity contribution in [3.63, 3.8) is 0 Å². The average Bonchev–Trinajstić information content (AvgIpc) is 2.90. The zero-order valence-electron chi connectivity index (χ0n) is 13.2. The molecule has 2 rings (SSSR count). The standard InChI is InChI=1S/C16H21N3OS2/c1-10(2)14(22-16-19-18-12(4)21-16)15(20)17-11(3)13-8-6-5-7-9-13/h5-11,14H,1-4H3,(H,17,20). The third kappa shape index (κ3) is 4.55. The van der Waals surface area contributed by atoms with Crippen LogP contribution < -0.4 is 5.32 Å². The molecule has 0 saturated heterocycles. The van der Waals surface area contributed by atoms with Gasteiger partial charge in [0.15, 0.2) is 4.34 Å². The summed E-state index contributed by atoms with van der Waals surface area (Å²) in [6, 6.07) is 9.98. The number of nitrogens with one attached hydrogen (secondary N) is 1. The first-order chi connectivity index (χ1) is 10.5. The van der Waals surface area contributed by atoms with Crippen LogP contribution in [0.3, 0.4) is 0 Å². The van der Waals surface area contributed by atoms with Gasteiger partial charge in [-0.15, -0.1) is 10.2 Å². The van der Waals surface area contributed by atoms with Crippen LogP contribution in [0.25, 0.3) is 0 Å². The van der Waals surface area contributed by atoms with Crippen molar-refractivity contribution in [3.05, 3.63) is 40.9 Å². The molecule has 1 aromatic heterocycles. The molecule has 0 aliphatic carbocycles. The SMILES string of the molecule is Cc1nnc(SC(C(=O)NC(C)c2ccccc2)C(C)C)s1. The molecule has 4 nitrogen and oxygen atoms in total. The average molecular weight is 335 g/mol. The van der Waals surface area contributed by atoms with Gasteiger partial charge >= 0.3 is 0 Å². The second kappa shape index (κ2) is 7.74. The predicted molar refractivity (Wildman–Crippen MR) is 92.1 cm³/mol. The van der Waals surface area contributed by atoms with E-state index in [-0.39, 0.29) is 23.1 Å². The first-order valence-corrected chi connectivity index (χ1v) is 8.99. The Kier molecular flexibility index (Phi) is 5.97. The molecule has 0 spiro atoms. The van der Waals surface area contributed by atoms with Crippen molar-refractivity contribution in [2.75, 3.05) is 0 Å². The van der Waals surface area contributed by atoms with Gasteiger partial charge in [0.05, 0.1) is 11.3 Å². The second-order valence-electron chi connectivity index (χ2n) is 5.51. The highest BCUT2D eigenvalue weighted by Crippen LogP contribution is 2.31. The molecule has 1 aromatic carbocycles. The van der Waals surface area contributed by atoms with Gasteiger partial charge in [-0.25, -0.2) is 0 Å². The Labute approximate surface area is 139 Å². The fourth-order valence-electron chi connectivity index (χ4n) is 2.05. The molecule has 0 radical (unpaired) electrons. The molecule has 1 amide bonds. The van der Waals surface area contributed by atoms with Crippen molar-refractivity contribution in [3.8, 4) is 0 Å². The molecule has 2 unspecified atom stereocenters. The summed E-state index contributed by atoms with van der Waals surface area (Å²) in [5.41, 5.74) is 1.11. The number of benzene rings is 1. The van der Waals surface area contributed by atoms with E-state index in [9.17, 15) is 4.79 Å². The Bertz CT molecular complexity index is 613. The number of rotatable bonds is 6. The molecule has 0 aliphatic rings. The van der Waals surface area contributed by atoms with Gasteiger partial charge in [-0.05, 0) is 25.3 Å². The number of amides is 1. The molecule has 2 aromatic rings. The molecule has 0 bridgehead atoms. The molecule has 1 N–H and O–H groups in total. The second-order valence-corrected chi connectivity index (χ2v) is 8.08. The highest BCUT2D eigenvalue weighted by atomic mass is 32.2. The van der Waals surface area contributed by atoms with Crippen LogP contribution in [0, 0.1) is 12.8 Å². The number of carbonyl (C=O) groups excluding carboxylic acids is 1. The van der Waals surface area contributed by atoms with Crippen LogP contribution >= 0.6 is 23.1 Å². The number of nitrogens with zero attached hydrogens (tertiary/aromatic N) is 2. The maximum absolute atomic E-state index is 12.6. The lowest BCUT2D eigenvalue weighted by Crippen LogP contribution is -2.37. The fourth-order valence-corrected chi connectivity index (χ4v) is 4.08. The van der Waals surface area contributed by atoms with Gasteiger partial charge in [0.25, 0.3) is 0 Å². The highest BCUT2D eigenvalue weighted by Gasteiger charge is 2.26. The van der Waals surface area contributed by atoms with Crippen molar-refractivity contribution in [1.82, 2.24) is 15.5 Å². The van der Waals surface area contributed by atoms with Gasteiger partial charge in [-0.1, -0.05) is 67.3 Å². The van der Waals surface area contributed by atoms with Gasteiger partial charge in [0.2, 0.25) is 5.91 Å². The monoisotopic (exact) mass is 335 g/mol. The first kappa shape index (κ1) is 17.0. The van der Waals surface area contributed by atoms with Crippen molar-refractivity contribution in [2.24, 2.45) is 5.92 Å². The lowest BCUT2D eigenvalue weighted by Gasteiger charge is -2.22. The van der Waals surface area contributed by atoms with E-state index in [4.69, 9.17) is 0 Å². The van der Waals surface area contributed by atoms with E-state index >= 15 is 0 Å². The fraction of sp³-hybridized carbons (Fsp3) is 0.438. The van der Waals surface area contributed by atoms with E-state index in [2.05, 4.69) is 29.4 Å². The summed E-state index contributed by atoms with van der Waals surface area (Å²) in [6.07, 6.45) is 0. The van der Waals surface area contributed by atoms with Crippen LogP contribution in [0.1, 0.15) is 37.4 Å². The number of aromatic nitrogens is 2. The summed E-state index contributed by atoms with van der Waals surface area (Å²) in [7, 11) is 0. The van der Waals surface area contributed by atoms with Crippen molar-refractivity contribution >= 4 is 29.0 Å². The Balaban J connectivity index is 2.03. The van der Waals surface area contributed by atoms with Gasteiger partial charge in [0.1, 0.15) is 5.01 Å². The van der Waals surface area contributed by atoms with Gasteiger partial charge < -0.3 is 5.32 Å². The lowest BCUT2D eigenvalue weighted by atomic mass is 10.1. The van der Waals surface area contributed by atoms with Crippen LogP contribution in [-0.2, 0) is 4.79 Å². The number of hydrogen-bond donors (Lipinski definition) is 1. The summed E-state index contributed by atoms with van der Waals surface area (Å²) in [5.74, 6) is 0.265. The molecule has 0 saturated carbocycles. The smallest absolute Gasteiger partial charge is 0.234 e. The molecule has 22 heavy (non-hydrogen) atoms. The van der Waals surface area contributed by atoms with E-state index in [0.29, 0.717) is 0 Å². The van der Waals surface area contributed by atoms with Crippen molar-refractivity contribution < 1.29 is 4.79 Å². The minimum Gasteiger partial charge on any atom is -0.349 e. The van der Waals surface area contributed by atoms with Crippen LogP contribution in [0.4, 0.5) is 0 Å².